The molecule has 2 rings (SSSR count). The van der Waals surface area contributed by atoms with E-state index in [1.54, 1.807) is 16.7 Å². The molecule has 0 aliphatic heterocycles. The van der Waals surface area contributed by atoms with Gasteiger partial charge < -0.3 is 15.2 Å². The first kappa shape index (κ1) is 26.4. The quantitative estimate of drug-likeness (QED) is 0.213. The van der Waals surface area contributed by atoms with Gasteiger partial charge in [0.05, 0.1) is 5.01 Å². The fourth-order valence-corrected chi connectivity index (χ4v) is 3.47. The minimum atomic E-state index is -4.40. The van der Waals surface area contributed by atoms with Crippen molar-refractivity contribution in [2.24, 2.45) is 4.99 Å². The zero-order valence-electron chi connectivity index (χ0n) is 17.0. The topological polar surface area (TPSA) is 71.3 Å². The van der Waals surface area contributed by atoms with Crippen LogP contribution in [0.1, 0.15) is 36.2 Å². The molecule has 0 bridgehead atoms. The summed E-state index contributed by atoms with van der Waals surface area (Å²) >= 11 is 1.01. The highest BCUT2D eigenvalue weighted by Crippen LogP contribution is 2.29. The fourth-order valence-electron chi connectivity index (χ4n) is 2.67. The summed E-state index contributed by atoms with van der Waals surface area (Å²) in [5.41, 5.74) is 0.0945. The van der Waals surface area contributed by atoms with Crippen LogP contribution in [0.4, 0.5) is 13.2 Å². The molecule has 0 amide bonds. The number of nitrogens with one attached hydrogen (secondary N) is 2. The van der Waals surface area contributed by atoms with Gasteiger partial charge in [0.25, 0.3) is 5.56 Å². The van der Waals surface area contributed by atoms with Crippen LogP contribution >= 0.6 is 35.3 Å². The number of nitrogens with zero attached hydrogens (tertiary/aromatic N) is 3. The average Bonchev–Trinajstić information content (AvgIpc) is 3.13. The second-order valence-electron chi connectivity index (χ2n) is 6.43. The first-order valence-corrected chi connectivity index (χ1v) is 10.4. The predicted octanol–water partition coefficient (Wildman–Crippen LogP) is 3.83. The molecule has 2 heterocycles. The molecule has 0 radical (unpaired) electrons. The zero-order chi connectivity index (χ0) is 21.3. The van der Waals surface area contributed by atoms with Crippen LogP contribution in [0.15, 0.2) is 33.4 Å². The number of aromatic nitrogens is 2. The minimum absolute atomic E-state index is 0. The number of unbranched alkanes of at least 4 members (excludes halogenated alkanes) is 1. The molecule has 0 aliphatic carbocycles. The van der Waals surface area contributed by atoms with E-state index in [-0.39, 0.29) is 29.5 Å². The van der Waals surface area contributed by atoms with Crippen molar-refractivity contribution in [3.05, 3.63) is 50.3 Å². The van der Waals surface area contributed by atoms with Crippen molar-refractivity contribution in [2.45, 2.75) is 45.8 Å². The Balaban J connectivity index is 0.00000450. The lowest BCUT2D eigenvalue weighted by Crippen LogP contribution is -2.38. The van der Waals surface area contributed by atoms with Gasteiger partial charge in [0.2, 0.25) is 0 Å². The van der Waals surface area contributed by atoms with Gasteiger partial charge >= 0.3 is 6.18 Å². The average molecular weight is 557 g/mol. The first-order chi connectivity index (χ1) is 13.8. The lowest BCUT2D eigenvalue weighted by atomic mass is 10.3. The number of rotatable bonds is 9. The van der Waals surface area contributed by atoms with E-state index >= 15 is 0 Å². The van der Waals surface area contributed by atoms with Crippen molar-refractivity contribution in [1.29, 1.82) is 0 Å². The number of hydrogen-bond donors (Lipinski definition) is 2. The number of thiazole rings is 1. The van der Waals surface area contributed by atoms with Crippen LogP contribution in [0.3, 0.4) is 0 Å². The van der Waals surface area contributed by atoms with Crippen LogP contribution in [-0.4, -0.2) is 35.1 Å². The van der Waals surface area contributed by atoms with E-state index in [0.717, 1.165) is 35.3 Å². The second kappa shape index (κ2) is 12.9. The lowest BCUT2D eigenvalue weighted by molar-refractivity contribution is -0.140. The van der Waals surface area contributed by atoms with Crippen LogP contribution in [0.5, 0.6) is 0 Å². The van der Waals surface area contributed by atoms with Gasteiger partial charge in [-0.15, -0.1) is 35.3 Å². The molecule has 2 aromatic rings. The SMILES string of the molecule is CCNC(=NCCCCn1c(C)cccc1=O)NCCc1nc(C(F)(F)F)cs1.I. The Morgan fingerprint density at radius 3 is 2.67 bits per heavy atom. The zero-order valence-corrected chi connectivity index (χ0v) is 20.1. The highest BCUT2D eigenvalue weighted by molar-refractivity contribution is 14.0. The molecule has 0 aliphatic rings. The number of halogens is 4. The van der Waals surface area contributed by atoms with Crippen molar-refractivity contribution >= 4 is 41.3 Å². The van der Waals surface area contributed by atoms with E-state index in [1.807, 2.05) is 19.9 Å². The van der Waals surface area contributed by atoms with Crippen LogP contribution in [0.2, 0.25) is 0 Å². The van der Waals surface area contributed by atoms with E-state index in [2.05, 4.69) is 20.6 Å². The Hall–Kier alpha value is -1.63. The molecule has 0 atom stereocenters. The van der Waals surface area contributed by atoms with Crippen LogP contribution in [-0.2, 0) is 19.1 Å². The van der Waals surface area contributed by atoms with Crippen molar-refractivity contribution in [3.8, 4) is 0 Å². The molecule has 0 saturated carbocycles. The molecule has 11 heteroatoms. The molecular formula is C19H27F3IN5OS. The molecule has 0 saturated heterocycles. The van der Waals surface area contributed by atoms with Crippen molar-refractivity contribution in [1.82, 2.24) is 20.2 Å². The maximum atomic E-state index is 12.6. The summed E-state index contributed by atoms with van der Waals surface area (Å²) in [7, 11) is 0. The Kier molecular flexibility index (Phi) is 11.4. The molecule has 2 aromatic heterocycles. The number of aliphatic imine (C=N–C) groups is 1. The number of alkyl halides is 3. The molecule has 0 spiro atoms. The molecule has 0 fully saturated rings. The summed E-state index contributed by atoms with van der Waals surface area (Å²) in [6.07, 6.45) is -2.37. The van der Waals surface area contributed by atoms with Gasteiger partial charge in [-0.05, 0) is 32.8 Å². The van der Waals surface area contributed by atoms with Gasteiger partial charge in [-0.2, -0.15) is 13.2 Å². The van der Waals surface area contributed by atoms with Gasteiger partial charge in [-0.1, -0.05) is 6.07 Å². The monoisotopic (exact) mass is 557 g/mol. The lowest BCUT2D eigenvalue weighted by Gasteiger charge is -2.11. The van der Waals surface area contributed by atoms with Gasteiger partial charge in [0, 0.05) is 49.7 Å². The normalized spacial score (nSPS) is 11.8. The first-order valence-electron chi connectivity index (χ1n) is 9.51. The third kappa shape index (κ3) is 8.62. The molecule has 6 nitrogen and oxygen atoms in total. The Labute approximate surface area is 195 Å². The predicted molar refractivity (Wildman–Crippen MR) is 125 cm³/mol. The molecule has 0 aromatic carbocycles. The summed E-state index contributed by atoms with van der Waals surface area (Å²) in [4.78, 5) is 19.9. The molecule has 30 heavy (non-hydrogen) atoms. The molecular weight excluding hydrogens is 530 g/mol. The number of pyridine rings is 1. The van der Waals surface area contributed by atoms with Crippen LogP contribution in [0, 0.1) is 6.92 Å². The summed E-state index contributed by atoms with van der Waals surface area (Å²) in [6.45, 7) is 6.21. The van der Waals surface area contributed by atoms with Gasteiger partial charge in [0.15, 0.2) is 11.7 Å². The highest BCUT2D eigenvalue weighted by Gasteiger charge is 2.33. The number of aryl methyl sites for hydroxylation is 1. The van der Waals surface area contributed by atoms with E-state index in [4.69, 9.17) is 0 Å². The summed E-state index contributed by atoms with van der Waals surface area (Å²) in [5.74, 6) is 0.619. The second-order valence-corrected chi connectivity index (χ2v) is 7.37. The van der Waals surface area contributed by atoms with Gasteiger partial charge in [0.1, 0.15) is 0 Å². The van der Waals surface area contributed by atoms with Gasteiger partial charge in [-0.25, -0.2) is 4.98 Å². The third-order valence-electron chi connectivity index (χ3n) is 4.15. The van der Waals surface area contributed by atoms with E-state index in [1.165, 1.54) is 0 Å². The highest BCUT2D eigenvalue weighted by atomic mass is 127. The van der Waals surface area contributed by atoms with Gasteiger partial charge in [-0.3, -0.25) is 9.79 Å². The Bertz CT molecular complexity index is 866. The third-order valence-corrected chi connectivity index (χ3v) is 5.05. The maximum absolute atomic E-state index is 12.6. The van der Waals surface area contributed by atoms with Crippen LogP contribution < -0.4 is 16.2 Å². The van der Waals surface area contributed by atoms with Crippen LogP contribution in [0.25, 0.3) is 0 Å². The maximum Gasteiger partial charge on any atom is 0.434 e. The van der Waals surface area contributed by atoms with Crippen molar-refractivity contribution in [2.75, 3.05) is 19.6 Å². The Morgan fingerprint density at radius 2 is 2.03 bits per heavy atom. The molecule has 2 N–H and O–H groups in total. The number of hydrogen-bond acceptors (Lipinski definition) is 4. The standard InChI is InChI=1S/C19H26F3N5OS.HI/c1-3-23-18(25-11-9-16-26-15(13-29-16)19(20,21)22)24-10-4-5-12-27-14(2)7-6-8-17(27)28;/h6-8,13H,3-5,9-12H2,1-2H3,(H2,23,24,25);1H. The molecule has 168 valence electrons. The van der Waals surface area contributed by atoms with E-state index in [9.17, 15) is 18.0 Å². The van der Waals surface area contributed by atoms with Crippen molar-refractivity contribution < 1.29 is 13.2 Å². The van der Waals surface area contributed by atoms with E-state index < -0.39 is 11.9 Å². The number of guanidine groups is 1. The minimum Gasteiger partial charge on any atom is -0.357 e. The summed E-state index contributed by atoms with van der Waals surface area (Å²) < 4.78 is 39.5. The largest absolute Gasteiger partial charge is 0.434 e. The summed E-state index contributed by atoms with van der Waals surface area (Å²) in [6, 6.07) is 5.22. The Morgan fingerprint density at radius 1 is 1.27 bits per heavy atom. The smallest absolute Gasteiger partial charge is 0.357 e. The van der Waals surface area contributed by atoms with Crippen molar-refractivity contribution in [3.63, 3.8) is 0 Å². The summed E-state index contributed by atoms with van der Waals surface area (Å²) in [5, 5.41) is 7.70. The van der Waals surface area contributed by atoms with E-state index in [0.29, 0.717) is 43.6 Å². The fraction of sp³-hybridized carbons (Fsp3) is 0.526. The molecule has 0 unspecified atom stereocenters.